The molecule has 3 rings (SSSR count). The van der Waals surface area contributed by atoms with Gasteiger partial charge in [-0.05, 0) is 24.1 Å². The molecule has 1 aromatic heterocycles. The summed E-state index contributed by atoms with van der Waals surface area (Å²) >= 11 is 1.49. The predicted octanol–water partition coefficient (Wildman–Crippen LogP) is 1.97. The number of rotatable bonds is 6. The number of hydrogen-bond acceptors (Lipinski definition) is 5. The van der Waals surface area contributed by atoms with Crippen LogP contribution in [-0.4, -0.2) is 50.8 Å². The van der Waals surface area contributed by atoms with Gasteiger partial charge < -0.3 is 5.32 Å². The molecule has 0 atom stereocenters. The Hall–Kier alpha value is -1.25. The molecular weight excluding hydrogens is 342 g/mol. The quantitative estimate of drug-likeness (QED) is 0.850. The number of benzene rings is 1. The average molecular weight is 366 g/mol. The summed E-state index contributed by atoms with van der Waals surface area (Å²) < 4.78 is 27.4. The van der Waals surface area contributed by atoms with E-state index in [0.717, 1.165) is 24.5 Å². The minimum absolute atomic E-state index is 0.457. The highest BCUT2D eigenvalue weighted by Gasteiger charge is 2.30. The molecule has 1 aliphatic heterocycles. The molecule has 1 saturated heterocycles. The van der Waals surface area contributed by atoms with Crippen molar-refractivity contribution in [3.8, 4) is 0 Å². The highest BCUT2D eigenvalue weighted by atomic mass is 32.2. The first-order valence-electron chi connectivity index (χ1n) is 8.08. The first kappa shape index (κ1) is 17.6. The zero-order chi connectivity index (χ0) is 17.0. The lowest BCUT2D eigenvalue weighted by atomic mass is 10.2. The van der Waals surface area contributed by atoms with Crippen molar-refractivity contribution in [3.05, 3.63) is 52.2 Å². The van der Waals surface area contributed by atoms with Crippen molar-refractivity contribution in [3.63, 3.8) is 0 Å². The standard InChI is InChI=1S/C17H23N3O2S2/c1-18-13-16-17(7-12-23-16)24(21,22)20-10-8-19(9-11-20)14-15-5-3-2-4-6-15/h2-7,12,18H,8-11,13-14H2,1H3. The maximum absolute atomic E-state index is 12.9. The summed E-state index contributed by atoms with van der Waals surface area (Å²) in [6.07, 6.45) is 0. The van der Waals surface area contributed by atoms with E-state index in [-0.39, 0.29) is 0 Å². The molecule has 1 N–H and O–H groups in total. The number of sulfonamides is 1. The summed E-state index contributed by atoms with van der Waals surface area (Å²) in [6.45, 7) is 4.08. The smallest absolute Gasteiger partial charge is 0.244 e. The van der Waals surface area contributed by atoms with Crippen LogP contribution in [0.1, 0.15) is 10.4 Å². The first-order valence-corrected chi connectivity index (χ1v) is 10.4. The third-order valence-corrected chi connectivity index (χ3v) is 7.27. The first-order chi connectivity index (χ1) is 11.6. The van der Waals surface area contributed by atoms with E-state index in [9.17, 15) is 8.42 Å². The van der Waals surface area contributed by atoms with E-state index in [0.29, 0.717) is 24.5 Å². The third kappa shape index (κ3) is 3.87. The number of hydrogen-bond donors (Lipinski definition) is 1. The molecule has 7 heteroatoms. The molecule has 24 heavy (non-hydrogen) atoms. The van der Waals surface area contributed by atoms with Crippen LogP contribution >= 0.6 is 11.3 Å². The third-order valence-electron chi connectivity index (χ3n) is 4.24. The van der Waals surface area contributed by atoms with Crippen LogP contribution in [0.2, 0.25) is 0 Å². The van der Waals surface area contributed by atoms with Crippen LogP contribution in [0.5, 0.6) is 0 Å². The van der Waals surface area contributed by atoms with Crippen LogP contribution in [0.3, 0.4) is 0 Å². The zero-order valence-electron chi connectivity index (χ0n) is 13.8. The molecule has 0 unspecified atom stereocenters. The second kappa shape index (κ2) is 7.76. The summed E-state index contributed by atoms with van der Waals surface area (Å²) in [7, 11) is -1.56. The van der Waals surface area contributed by atoms with Crippen LogP contribution in [0.15, 0.2) is 46.7 Å². The number of piperazine rings is 1. The summed E-state index contributed by atoms with van der Waals surface area (Å²) in [5, 5.41) is 4.89. The Balaban J connectivity index is 1.64. The lowest BCUT2D eigenvalue weighted by Crippen LogP contribution is -2.48. The molecule has 0 spiro atoms. The summed E-state index contributed by atoms with van der Waals surface area (Å²) in [5.74, 6) is 0. The Bertz CT molecular complexity index is 751. The van der Waals surface area contributed by atoms with Gasteiger partial charge in [-0.1, -0.05) is 30.3 Å². The summed E-state index contributed by atoms with van der Waals surface area (Å²) in [4.78, 5) is 3.64. The molecular formula is C17H23N3O2S2. The zero-order valence-corrected chi connectivity index (χ0v) is 15.4. The molecule has 1 aromatic carbocycles. The SMILES string of the molecule is CNCc1sccc1S(=O)(=O)N1CCN(Cc2ccccc2)CC1. The van der Waals surface area contributed by atoms with E-state index in [1.807, 2.05) is 30.6 Å². The van der Waals surface area contributed by atoms with E-state index >= 15 is 0 Å². The molecule has 1 aliphatic rings. The fraction of sp³-hybridized carbons (Fsp3) is 0.412. The Morgan fingerprint density at radius 1 is 1.08 bits per heavy atom. The van der Waals surface area contributed by atoms with Crippen LogP contribution in [0.4, 0.5) is 0 Å². The van der Waals surface area contributed by atoms with Crippen LogP contribution < -0.4 is 5.32 Å². The van der Waals surface area contributed by atoms with Gasteiger partial charge in [-0.15, -0.1) is 11.3 Å². The Morgan fingerprint density at radius 3 is 2.46 bits per heavy atom. The van der Waals surface area contributed by atoms with Crippen molar-refractivity contribution in [1.29, 1.82) is 0 Å². The van der Waals surface area contributed by atoms with Gasteiger partial charge in [-0.25, -0.2) is 8.42 Å². The Labute approximate surface area is 148 Å². The van der Waals surface area contributed by atoms with E-state index in [4.69, 9.17) is 0 Å². The van der Waals surface area contributed by atoms with Crippen molar-refractivity contribution in [2.45, 2.75) is 18.0 Å². The summed E-state index contributed by atoms with van der Waals surface area (Å²) in [6, 6.07) is 12.0. The average Bonchev–Trinajstić information content (AvgIpc) is 3.06. The molecule has 2 aromatic rings. The van der Waals surface area contributed by atoms with E-state index < -0.39 is 10.0 Å². The van der Waals surface area contributed by atoms with Gasteiger partial charge in [0.05, 0.1) is 4.90 Å². The molecule has 5 nitrogen and oxygen atoms in total. The molecule has 0 saturated carbocycles. The number of nitrogens with zero attached hydrogens (tertiary/aromatic N) is 2. The van der Waals surface area contributed by atoms with Gasteiger partial charge in [0.2, 0.25) is 10.0 Å². The van der Waals surface area contributed by atoms with Gasteiger partial charge in [-0.2, -0.15) is 4.31 Å². The van der Waals surface area contributed by atoms with Gasteiger partial charge in [-0.3, -0.25) is 4.90 Å². The molecule has 130 valence electrons. The van der Waals surface area contributed by atoms with E-state index in [2.05, 4.69) is 22.3 Å². The highest BCUT2D eigenvalue weighted by Crippen LogP contribution is 2.26. The van der Waals surface area contributed by atoms with Crippen LogP contribution in [0.25, 0.3) is 0 Å². The van der Waals surface area contributed by atoms with Crippen molar-refractivity contribution in [2.24, 2.45) is 0 Å². The highest BCUT2D eigenvalue weighted by molar-refractivity contribution is 7.89. The van der Waals surface area contributed by atoms with Crippen molar-refractivity contribution < 1.29 is 8.42 Å². The maximum Gasteiger partial charge on any atom is 0.244 e. The lowest BCUT2D eigenvalue weighted by molar-refractivity contribution is 0.181. The fourth-order valence-corrected chi connectivity index (χ4v) is 5.81. The minimum atomic E-state index is -3.39. The van der Waals surface area contributed by atoms with Gasteiger partial charge >= 0.3 is 0 Å². The molecule has 0 amide bonds. The van der Waals surface area contributed by atoms with Crippen LogP contribution in [-0.2, 0) is 23.1 Å². The van der Waals surface area contributed by atoms with E-state index in [1.54, 1.807) is 10.4 Å². The van der Waals surface area contributed by atoms with Gasteiger partial charge in [0.1, 0.15) is 0 Å². The van der Waals surface area contributed by atoms with Crippen molar-refractivity contribution in [1.82, 2.24) is 14.5 Å². The predicted molar refractivity (Wildman–Crippen MR) is 97.6 cm³/mol. The van der Waals surface area contributed by atoms with Crippen molar-refractivity contribution in [2.75, 3.05) is 33.2 Å². The topological polar surface area (TPSA) is 52.7 Å². The Kier molecular flexibility index (Phi) is 5.68. The number of nitrogens with one attached hydrogen (secondary N) is 1. The molecule has 0 radical (unpaired) electrons. The number of thiophene rings is 1. The summed E-state index contributed by atoms with van der Waals surface area (Å²) in [5.41, 5.74) is 1.27. The molecule has 0 bridgehead atoms. The second-order valence-electron chi connectivity index (χ2n) is 5.90. The monoisotopic (exact) mass is 365 g/mol. The van der Waals surface area contributed by atoms with Gasteiger partial charge in [0.15, 0.2) is 0 Å². The minimum Gasteiger partial charge on any atom is -0.315 e. The molecule has 1 fully saturated rings. The van der Waals surface area contributed by atoms with Crippen LogP contribution in [0, 0.1) is 0 Å². The molecule has 2 heterocycles. The maximum atomic E-state index is 12.9. The fourth-order valence-electron chi connectivity index (χ4n) is 2.96. The molecule has 0 aliphatic carbocycles. The normalized spacial score (nSPS) is 17.2. The van der Waals surface area contributed by atoms with E-state index in [1.165, 1.54) is 16.9 Å². The largest absolute Gasteiger partial charge is 0.315 e. The second-order valence-corrected chi connectivity index (χ2v) is 8.81. The van der Waals surface area contributed by atoms with Gasteiger partial charge in [0.25, 0.3) is 0 Å². The lowest BCUT2D eigenvalue weighted by Gasteiger charge is -2.34. The van der Waals surface area contributed by atoms with Crippen molar-refractivity contribution >= 4 is 21.4 Å². The Morgan fingerprint density at radius 2 is 1.79 bits per heavy atom. The van der Waals surface area contributed by atoms with Gasteiger partial charge in [0, 0.05) is 44.1 Å².